The number of carbonyl (C=O) groups excluding carboxylic acids is 1. The van der Waals surface area contributed by atoms with E-state index in [1.54, 1.807) is 12.1 Å². The molecule has 1 aromatic carbocycles. The third-order valence-corrected chi connectivity index (χ3v) is 1.85. The maximum Gasteiger partial charge on any atom is 0.150 e. The molecule has 0 amide bonds. The van der Waals surface area contributed by atoms with Crippen molar-refractivity contribution in [2.45, 2.75) is 39.2 Å². The first-order valence-electron chi connectivity index (χ1n) is 5.24. The Morgan fingerprint density at radius 1 is 1.19 bits per heavy atom. The Labute approximate surface area is 96.7 Å². The molecule has 0 aliphatic heterocycles. The number of aldehydes is 1. The molecule has 0 saturated heterocycles. The summed E-state index contributed by atoms with van der Waals surface area (Å²) in [6.45, 7) is 7.12. The number of benzene rings is 1. The average molecular weight is 224 g/mol. The van der Waals surface area contributed by atoms with E-state index in [9.17, 15) is 4.79 Å². The van der Waals surface area contributed by atoms with Crippen molar-refractivity contribution < 1.29 is 15.0 Å². The van der Waals surface area contributed by atoms with Crippen molar-refractivity contribution in [3.63, 3.8) is 0 Å². The monoisotopic (exact) mass is 224 g/mol. The highest BCUT2D eigenvalue weighted by atomic mass is 16.3. The molecule has 0 bridgehead atoms. The average Bonchev–Trinajstić information content (AvgIpc) is 2.18. The number of hydrogen-bond donors (Lipinski definition) is 2. The van der Waals surface area contributed by atoms with Gasteiger partial charge in [0, 0.05) is 0 Å². The fourth-order valence-electron chi connectivity index (χ4n) is 0.859. The maximum atomic E-state index is 9.58. The Balaban J connectivity index is 0.000000325. The van der Waals surface area contributed by atoms with Crippen LogP contribution in [0.25, 0.3) is 0 Å². The molecule has 0 aliphatic carbocycles. The number of phenolic OH excluding ortho intramolecular Hbond substituents is 1. The molecule has 0 spiro atoms. The van der Waals surface area contributed by atoms with Gasteiger partial charge in [-0.1, -0.05) is 26.0 Å². The van der Waals surface area contributed by atoms with Crippen LogP contribution in [0, 0.1) is 0 Å². The Morgan fingerprint density at radius 2 is 1.56 bits per heavy atom. The van der Waals surface area contributed by atoms with Gasteiger partial charge in [-0.2, -0.15) is 0 Å². The van der Waals surface area contributed by atoms with Crippen LogP contribution in [-0.4, -0.2) is 22.1 Å². The summed E-state index contributed by atoms with van der Waals surface area (Å²) < 4.78 is 0. The zero-order valence-electron chi connectivity index (χ0n) is 10.3. The minimum absolute atomic E-state index is 0.337. The highest BCUT2D eigenvalue weighted by Crippen LogP contribution is 2.16. The Bertz CT molecular complexity index is 307. The van der Waals surface area contributed by atoms with E-state index in [1.807, 2.05) is 12.1 Å². The molecule has 0 aliphatic rings. The van der Waals surface area contributed by atoms with Gasteiger partial charge >= 0.3 is 0 Å². The largest absolute Gasteiger partial charge is 0.508 e. The van der Waals surface area contributed by atoms with Crippen LogP contribution in [0.15, 0.2) is 24.3 Å². The van der Waals surface area contributed by atoms with Crippen LogP contribution in [0.4, 0.5) is 0 Å². The molecule has 0 aromatic heterocycles. The summed E-state index contributed by atoms with van der Waals surface area (Å²) in [5.74, 6) is 0.880. The van der Waals surface area contributed by atoms with Crippen molar-refractivity contribution in [2.75, 3.05) is 0 Å². The van der Waals surface area contributed by atoms with Crippen molar-refractivity contribution in [2.24, 2.45) is 0 Å². The number of aromatic hydroxyl groups is 1. The van der Waals surface area contributed by atoms with Crippen molar-refractivity contribution >= 4 is 6.29 Å². The molecule has 0 atom stereocenters. The highest BCUT2D eigenvalue weighted by Gasteiger charge is 2.07. The first-order chi connectivity index (χ1) is 7.26. The first kappa shape index (κ1) is 14.6. The number of hydrogen-bond acceptors (Lipinski definition) is 3. The first-order valence-corrected chi connectivity index (χ1v) is 5.24. The molecule has 3 nitrogen and oxygen atoms in total. The van der Waals surface area contributed by atoms with Gasteiger partial charge in [0.15, 0.2) is 6.29 Å². The molecular formula is C13H20O3. The summed E-state index contributed by atoms with van der Waals surface area (Å²) in [6.07, 6.45) is 0.493. The van der Waals surface area contributed by atoms with E-state index in [4.69, 9.17) is 10.2 Å². The van der Waals surface area contributed by atoms with Gasteiger partial charge in [0.2, 0.25) is 0 Å². The summed E-state index contributed by atoms with van der Waals surface area (Å²) in [6, 6.07) is 7.32. The number of rotatable bonds is 2. The zero-order valence-corrected chi connectivity index (χ0v) is 10.3. The normalized spacial score (nSPS) is 10.6. The Morgan fingerprint density at radius 3 is 1.81 bits per heavy atom. The number of phenols is 1. The minimum Gasteiger partial charge on any atom is -0.508 e. The second kappa shape index (κ2) is 6.28. The van der Waals surface area contributed by atoms with Gasteiger partial charge in [-0.05, 0) is 37.5 Å². The lowest BCUT2D eigenvalue weighted by molar-refractivity contribution is -0.120. The molecule has 0 saturated carbocycles. The topological polar surface area (TPSA) is 57.5 Å². The molecular weight excluding hydrogens is 204 g/mol. The van der Waals surface area contributed by atoms with Crippen LogP contribution in [0.5, 0.6) is 5.75 Å². The fraction of sp³-hybridized carbons (Fsp3) is 0.462. The number of aliphatic hydroxyl groups is 1. The van der Waals surface area contributed by atoms with Crippen LogP contribution in [0.3, 0.4) is 0 Å². The van der Waals surface area contributed by atoms with Crippen molar-refractivity contribution in [3.05, 3.63) is 29.8 Å². The van der Waals surface area contributed by atoms with Crippen LogP contribution >= 0.6 is 0 Å². The molecule has 90 valence electrons. The van der Waals surface area contributed by atoms with Crippen LogP contribution < -0.4 is 0 Å². The second-order valence-corrected chi connectivity index (χ2v) is 4.52. The van der Waals surface area contributed by atoms with E-state index in [1.165, 1.54) is 19.4 Å². The smallest absolute Gasteiger partial charge is 0.150 e. The van der Waals surface area contributed by atoms with Crippen molar-refractivity contribution in [3.8, 4) is 5.75 Å². The molecule has 0 radical (unpaired) electrons. The standard InChI is InChI=1S/C9H12O.C4H8O2/c1-7(2)8-3-5-9(10)6-4-8;1-4(2,6)3-5/h3-7,10H,1-2H3;3,6H,1-2H3. The molecule has 0 heterocycles. The lowest BCUT2D eigenvalue weighted by atomic mass is 10.0. The SMILES string of the molecule is CC(C)(O)C=O.CC(C)c1ccc(O)cc1. The summed E-state index contributed by atoms with van der Waals surface area (Å²) >= 11 is 0. The van der Waals surface area contributed by atoms with E-state index in [0.29, 0.717) is 18.0 Å². The maximum absolute atomic E-state index is 9.58. The lowest BCUT2D eigenvalue weighted by Crippen LogP contribution is -2.19. The summed E-state index contributed by atoms with van der Waals surface area (Å²) in [5, 5.41) is 17.4. The summed E-state index contributed by atoms with van der Waals surface area (Å²) in [7, 11) is 0. The van der Waals surface area contributed by atoms with Gasteiger partial charge in [-0.15, -0.1) is 0 Å². The van der Waals surface area contributed by atoms with Gasteiger partial charge in [-0.3, -0.25) is 0 Å². The highest BCUT2D eigenvalue weighted by molar-refractivity contribution is 5.60. The van der Waals surface area contributed by atoms with Gasteiger partial charge in [0.1, 0.15) is 11.4 Å². The Hall–Kier alpha value is -1.35. The molecule has 16 heavy (non-hydrogen) atoms. The van der Waals surface area contributed by atoms with Crippen LogP contribution in [-0.2, 0) is 4.79 Å². The van der Waals surface area contributed by atoms with Gasteiger partial charge in [0.05, 0.1) is 0 Å². The van der Waals surface area contributed by atoms with Gasteiger partial charge in [0.25, 0.3) is 0 Å². The summed E-state index contributed by atoms with van der Waals surface area (Å²) in [5.41, 5.74) is 0.123. The predicted octanol–water partition coefficient (Wildman–Crippen LogP) is 2.47. The van der Waals surface area contributed by atoms with Crippen molar-refractivity contribution in [1.82, 2.24) is 0 Å². The predicted molar refractivity (Wildman–Crippen MR) is 64.6 cm³/mol. The minimum atomic E-state index is -1.14. The van der Waals surface area contributed by atoms with Crippen LogP contribution in [0.1, 0.15) is 39.2 Å². The van der Waals surface area contributed by atoms with E-state index in [0.717, 1.165) is 0 Å². The molecule has 1 aromatic rings. The van der Waals surface area contributed by atoms with E-state index in [-0.39, 0.29) is 0 Å². The third-order valence-electron chi connectivity index (χ3n) is 1.85. The lowest BCUT2D eigenvalue weighted by Gasteiger charge is -2.03. The molecule has 0 unspecified atom stereocenters. The fourth-order valence-corrected chi connectivity index (χ4v) is 0.859. The number of carbonyl (C=O) groups is 1. The molecule has 2 N–H and O–H groups in total. The zero-order chi connectivity index (χ0) is 12.8. The molecule has 0 fully saturated rings. The second-order valence-electron chi connectivity index (χ2n) is 4.52. The van der Waals surface area contributed by atoms with Gasteiger partial charge in [-0.25, -0.2) is 0 Å². The molecule has 3 heteroatoms. The quantitative estimate of drug-likeness (QED) is 0.759. The van der Waals surface area contributed by atoms with E-state index >= 15 is 0 Å². The summed E-state index contributed by atoms with van der Waals surface area (Å²) in [4.78, 5) is 9.58. The van der Waals surface area contributed by atoms with E-state index in [2.05, 4.69) is 13.8 Å². The van der Waals surface area contributed by atoms with Crippen molar-refractivity contribution in [1.29, 1.82) is 0 Å². The van der Waals surface area contributed by atoms with Gasteiger partial charge < -0.3 is 15.0 Å². The molecule has 1 rings (SSSR count). The third kappa shape index (κ3) is 7.01. The Kier molecular flexibility index (Phi) is 5.75. The van der Waals surface area contributed by atoms with Crippen LogP contribution in [0.2, 0.25) is 0 Å². The van der Waals surface area contributed by atoms with E-state index < -0.39 is 5.60 Å².